The average molecular weight is 338 g/mol. The summed E-state index contributed by atoms with van der Waals surface area (Å²) in [6.07, 6.45) is 1.66. The number of hydrogen-bond acceptors (Lipinski definition) is 7. The summed E-state index contributed by atoms with van der Waals surface area (Å²) in [6.45, 7) is 1.70. The zero-order valence-corrected chi connectivity index (χ0v) is 12.8. The standard InChI is InChI=1S/C13H14N4O5S/c1-2-7(12(20)21)23-13-16-9(14)8(11(19)17-13)15-10(18)6-4-3-5-22-6/h3-5,7H,2H2,1H3,(H,15,18)(H,20,21)(H3,14,16,17,19)/t7-/m1/s1. The van der Waals surface area contributed by atoms with Gasteiger partial charge in [-0.3, -0.25) is 19.4 Å². The SMILES string of the molecule is CC[C@@H](Sc1nc(N)c(NC(=O)c2ccco2)c(=O)[nH]1)C(=O)O. The van der Waals surface area contributed by atoms with E-state index in [2.05, 4.69) is 15.3 Å². The fourth-order valence-electron chi connectivity index (χ4n) is 1.67. The highest BCUT2D eigenvalue weighted by Crippen LogP contribution is 2.23. The Hall–Kier alpha value is -2.75. The number of carboxylic acid groups (broad SMARTS) is 1. The summed E-state index contributed by atoms with van der Waals surface area (Å²) in [7, 11) is 0. The van der Waals surface area contributed by atoms with Crippen molar-refractivity contribution in [1.29, 1.82) is 0 Å². The number of rotatable bonds is 6. The van der Waals surface area contributed by atoms with Crippen molar-refractivity contribution >= 4 is 35.1 Å². The molecule has 1 atom stereocenters. The molecule has 0 fully saturated rings. The van der Waals surface area contributed by atoms with Crippen molar-refractivity contribution in [1.82, 2.24) is 9.97 Å². The summed E-state index contributed by atoms with van der Waals surface area (Å²) >= 11 is 0.873. The third-order valence-corrected chi connectivity index (χ3v) is 4.05. The summed E-state index contributed by atoms with van der Waals surface area (Å²) < 4.78 is 4.91. The van der Waals surface area contributed by atoms with Crippen LogP contribution in [-0.4, -0.2) is 32.2 Å². The zero-order valence-electron chi connectivity index (χ0n) is 12.0. The molecule has 0 saturated heterocycles. The molecular formula is C13H14N4O5S. The predicted octanol–water partition coefficient (Wildman–Crippen LogP) is 1.15. The molecule has 23 heavy (non-hydrogen) atoms. The largest absolute Gasteiger partial charge is 0.480 e. The Labute approximate surface area is 134 Å². The van der Waals surface area contributed by atoms with Gasteiger partial charge in [0.1, 0.15) is 5.25 Å². The lowest BCUT2D eigenvalue weighted by Gasteiger charge is -2.10. The number of carbonyl (C=O) groups excluding carboxylic acids is 1. The van der Waals surface area contributed by atoms with Crippen LogP contribution in [0.3, 0.4) is 0 Å². The van der Waals surface area contributed by atoms with Crippen molar-refractivity contribution in [3.63, 3.8) is 0 Å². The van der Waals surface area contributed by atoms with Gasteiger partial charge in [-0.25, -0.2) is 4.98 Å². The number of amides is 1. The van der Waals surface area contributed by atoms with Gasteiger partial charge in [0.05, 0.1) is 6.26 Å². The number of H-pyrrole nitrogens is 1. The number of aliphatic carboxylic acids is 1. The Morgan fingerprint density at radius 3 is 2.83 bits per heavy atom. The average Bonchev–Trinajstić information content (AvgIpc) is 3.02. The van der Waals surface area contributed by atoms with Crippen molar-refractivity contribution in [2.45, 2.75) is 23.8 Å². The lowest BCUT2D eigenvalue weighted by Crippen LogP contribution is -2.23. The van der Waals surface area contributed by atoms with Gasteiger partial charge in [-0.2, -0.15) is 0 Å². The Bertz CT molecular complexity index is 771. The molecule has 0 spiro atoms. The quantitative estimate of drug-likeness (QED) is 0.452. The van der Waals surface area contributed by atoms with E-state index in [1.807, 2.05) is 0 Å². The van der Waals surface area contributed by atoms with Crippen LogP contribution in [0.1, 0.15) is 23.9 Å². The van der Waals surface area contributed by atoms with Crippen LogP contribution >= 0.6 is 11.8 Å². The number of hydrogen-bond donors (Lipinski definition) is 4. The number of carboxylic acids is 1. The van der Waals surface area contributed by atoms with Crippen LogP contribution in [-0.2, 0) is 4.79 Å². The maximum atomic E-state index is 12.0. The number of thioether (sulfide) groups is 1. The number of nitrogens with two attached hydrogens (primary N) is 1. The third-order valence-electron chi connectivity index (χ3n) is 2.81. The van der Waals surface area contributed by atoms with E-state index < -0.39 is 22.7 Å². The molecule has 2 heterocycles. The van der Waals surface area contributed by atoms with Crippen LogP contribution in [0.5, 0.6) is 0 Å². The van der Waals surface area contributed by atoms with Gasteiger partial charge in [0, 0.05) is 0 Å². The second-order valence-corrected chi connectivity index (χ2v) is 5.61. The molecule has 0 aliphatic carbocycles. The molecule has 2 rings (SSSR count). The molecule has 0 aliphatic rings. The van der Waals surface area contributed by atoms with Gasteiger partial charge in [-0.1, -0.05) is 18.7 Å². The van der Waals surface area contributed by atoms with Crippen molar-refractivity contribution in [3.05, 3.63) is 34.5 Å². The molecular weight excluding hydrogens is 324 g/mol. The number of carbonyl (C=O) groups is 2. The number of furan rings is 1. The first-order chi connectivity index (χ1) is 10.9. The topological polar surface area (TPSA) is 151 Å². The van der Waals surface area contributed by atoms with Crippen LogP contribution in [0.4, 0.5) is 11.5 Å². The van der Waals surface area contributed by atoms with Gasteiger partial charge in [-0.05, 0) is 18.6 Å². The fourth-order valence-corrected chi connectivity index (χ4v) is 2.51. The molecule has 2 aromatic rings. The molecule has 0 radical (unpaired) electrons. The normalized spacial score (nSPS) is 11.9. The summed E-state index contributed by atoms with van der Waals surface area (Å²) in [4.78, 5) is 41.2. The molecule has 5 N–H and O–H groups in total. The minimum atomic E-state index is -1.02. The van der Waals surface area contributed by atoms with Crippen molar-refractivity contribution in [3.8, 4) is 0 Å². The van der Waals surface area contributed by atoms with Crippen molar-refractivity contribution in [2.75, 3.05) is 11.1 Å². The second kappa shape index (κ2) is 7.01. The molecule has 0 aliphatic heterocycles. The van der Waals surface area contributed by atoms with Crippen molar-refractivity contribution < 1.29 is 19.1 Å². The Morgan fingerprint density at radius 1 is 1.57 bits per heavy atom. The minimum absolute atomic E-state index is 0.0131. The zero-order chi connectivity index (χ0) is 17.0. The van der Waals surface area contributed by atoms with Gasteiger partial charge in [-0.15, -0.1) is 0 Å². The minimum Gasteiger partial charge on any atom is -0.480 e. The smallest absolute Gasteiger partial charge is 0.317 e. The van der Waals surface area contributed by atoms with E-state index in [1.54, 1.807) is 6.92 Å². The Morgan fingerprint density at radius 2 is 2.30 bits per heavy atom. The first-order valence-electron chi connectivity index (χ1n) is 6.56. The van der Waals surface area contributed by atoms with Crippen LogP contribution in [0.25, 0.3) is 0 Å². The second-order valence-electron chi connectivity index (χ2n) is 4.42. The summed E-state index contributed by atoms with van der Waals surface area (Å²) in [6, 6.07) is 2.95. The molecule has 122 valence electrons. The van der Waals surface area contributed by atoms with Crippen LogP contribution in [0.15, 0.2) is 32.8 Å². The maximum absolute atomic E-state index is 12.0. The monoisotopic (exact) mass is 338 g/mol. The lowest BCUT2D eigenvalue weighted by molar-refractivity contribution is -0.136. The van der Waals surface area contributed by atoms with E-state index in [0.717, 1.165) is 11.8 Å². The molecule has 0 saturated carbocycles. The van der Waals surface area contributed by atoms with E-state index in [0.29, 0.717) is 6.42 Å². The summed E-state index contributed by atoms with van der Waals surface area (Å²) in [5.74, 6) is -1.86. The first kappa shape index (κ1) is 16.6. The summed E-state index contributed by atoms with van der Waals surface area (Å²) in [5.41, 5.74) is 4.78. The van der Waals surface area contributed by atoms with Crippen LogP contribution < -0.4 is 16.6 Å². The third kappa shape index (κ3) is 3.92. The predicted molar refractivity (Wildman–Crippen MR) is 83.5 cm³/mol. The molecule has 1 amide bonds. The van der Waals surface area contributed by atoms with Crippen LogP contribution in [0, 0.1) is 0 Å². The fraction of sp³-hybridized carbons (Fsp3) is 0.231. The Kier molecular flexibility index (Phi) is 5.06. The maximum Gasteiger partial charge on any atom is 0.317 e. The lowest BCUT2D eigenvalue weighted by atomic mass is 10.3. The molecule has 10 heteroatoms. The van der Waals surface area contributed by atoms with E-state index in [1.165, 1.54) is 18.4 Å². The number of aromatic nitrogens is 2. The van der Waals surface area contributed by atoms with E-state index in [4.69, 9.17) is 15.3 Å². The molecule has 0 aromatic carbocycles. The van der Waals surface area contributed by atoms with Gasteiger partial charge < -0.3 is 20.6 Å². The number of aromatic amines is 1. The summed E-state index contributed by atoms with van der Waals surface area (Å²) in [5, 5.41) is 10.6. The highest BCUT2D eigenvalue weighted by atomic mass is 32.2. The van der Waals surface area contributed by atoms with Crippen molar-refractivity contribution in [2.24, 2.45) is 0 Å². The molecule has 2 aromatic heterocycles. The van der Waals surface area contributed by atoms with Gasteiger partial charge in [0.25, 0.3) is 11.5 Å². The van der Waals surface area contributed by atoms with E-state index in [-0.39, 0.29) is 22.4 Å². The van der Waals surface area contributed by atoms with Crippen LogP contribution in [0.2, 0.25) is 0 Å². The number of nitrogens with zero attached hydrogens (tertiary/aromatic N) is 1. The molecule has 0 bridgehead atoms. The Balaban J connectivity index is 2.22. The highest BCUT2D eigenvalue weighted by Gasteiger charge is 2.20. The van der Waals surface area contributed by atoms with Gasteiger partial charge in [0.2, 0.25) is 0 Å². The van der Waals surface area contributed by atoms with Gasteiger partial charge in [0.15, 0.2) is 22.4 Å². The molecule has 9 nitrogen and oxygen atoms in total. The highest BCUT2D eigenvalue weighted by molar-refractivity contribution is 8.00. The first-order valence-corrected chi connectivity index (χ1v) is 7.44. The van der Waals surface area contributed by atoms with E-state index in [9.17, 15) is 14.4 Å². The van der Waals surface area contributed by atoms with Gasteiger partial charge >= 0.3 is 5.97 Å². The molecule has 0 unspecified atom stereocenters. The number of nitrogens with one attached hydrogen (secondary N) is 2. The number of nitrogen functional groups attached to an aromatic ring is 1. The number of anilines is 2. The van der Waals surface area contributed by atoms with E-state index >= 15 is 0 Å².